The molecule has 0 radical (unpaired) electrons. The Hall–Kier alpha value is -10.6. The number of hydrogen-bond donors (Lipinski definition) is 0. The summed E-state index contributed by atoms with van der Waals surface area (Å²) in [5.41, 5.74) is 18.4. The number of fused-ring (bicyclic) bond motifs is 10. The van der Waals surface area contributed by atoms with Crippen LogP contribution in [-0.4, -0.2) is 24.9 Å². The van der Waals surface area contributed by atoms with E-state index >= 15 is 0 Å². The van der Waals surface area contributed by atoms with Crippen molar-refractivity contribution in [3.05, 3.63) is 273 Å². The predicted octanol–water partition coefficient (Wildman–Crippen LogP) is 21.3. The van der Waals surface area contributed by atoms with Crippen LogP contribution < -0.4 is 0 Å². The Bertz CT molecular complexity index is 5420. The fraction of sp³-hybridized carbons (Fsp3) is 0. The number of para-hydroxylation sites is 2. The molecule has 5 nitrogen and oxygen atoms in total. The largest absolute Gasteiger partial charge is 0.246 e. The molecule has 0 aliphatic rings. The van der Waals surface area contributed by atoms with Gasteiger partial charge in [-0.2, -0.15) is 0 Å². The Morgan fingerprint density at radius 1 is 0.226 bits per heavy atom. The van der Waals surface area contributed by atoms with Gasteiger partial charge in [-0.1, -0.05) is 243 Å². The van der Waals surface area contributed by atoms with Crippen LogP contribution in [0, 0.1) is 0 Å². The monoisotopic (exact) mass is 1100 g/mol. The number of aromatic nitrogens is 5. The summed E-state index contributed by atoms with van der Waals surface area (Å²) in [6.45, 7) is 0. The molecular weight excluding hydrogens is 1060 g/mol. The molecule has 0 spiro atoms. The molecular formula is C77H45N5S2. The summed E-state index contributed by atoms with van der Waals surface area (Å²) in [6.07, 6.45) is 0. The van der Waals surface area contributed by atoms with Crippen LogP contribution in [0.25, 0.3) is 174 Å². The van der Waals surface area contributed by atoms with E-state index < -0.39 is 0 Å². The minimum Gasteiger partial charge on any atom is -0.246 e. The van der Waals surface area contributed by atoms with Gasteiger partial charge in [0.2, 0.25) is 0 Å². The van der Waals surface area contributed by atoms with Crippen molar-refractivity contribution in [2.45, 2.75) is 0 Å². The first kappa shape index (κ1) is 48.2. The third-order valence-electron chi connectivity index (χ3n) is 16.5. The Morgan fingerprint density at radius 2 is 0.631 bits per heavy atom. The summed E-state index contributed by atoms with van der Waals surface area (Å²) in [7, 11) is 0. The second-order valence-corrected chi connectivity index (χ2v) is 23.5. The van der Waals surface area contributed by atoms with Crippen molar-refractivity contribution in [2.75, 3.05) is 0 Å². The quantitative estimate of drug-likeness (QED) is 0.142. The molecule has 0 aliphatic heterocycles. The van der Waals surface area contributed by atoms with E-state index in [1.807, 2.05) is 29.5 Å². The molecule has 0 aliphatic carbocycles. The summed E-state index contributed by atoms with van der Waals surface area (Å²) in [4.78, 5) is 26.5. The molecule has 0 N–H and O–H groups in total. The molecule has 5 heterocycles. The van der Waals surface area contributed by atoms with Gasteiger partial charge in [-0.05, 0) is 96.4 Å². The van der Waals surface area contributed by atoms with Gasteiger partial charge in [-0.25, -0.2) is 24.9 Å². The molecule has 0 unspecified atom stereocenters. The maximum absolute atomic E-state index is 5.61. The highest BCUT2D eigenvalue weighted by atomic mass is 32.1. The highest BCUT2D eigenvalue weighted by Crippen LogP contribution is 2.51. The fourth-order valence-corrected chi connectivity index (χ4v) is 15.1. The summed E-state index contributed by atoms with van der Waals surface area (Å²) in [5.74, 6) is 1.81. The molecule has 0 amide bonds. The second kappa shape index (κ2) is 19.6. The first-order valence-electron chi connectivity index (χ1n) is 28.2. The summed E-state index contributed by atoms with van der Waals surface area (Å²) in [5, 5.41) is 9.41. The standard InChI is InChI=1S/C77H45N5S2/c1-3-19-46(20-4-1)47-37-39-48(40-38-47)66-55-25-7-9-27-57(55)68(58-28-10-8-26-56(58)66)70-60-30-12-15-34-63(60)79-72-69-54(32-18-36-65(69)84-74(70)72)52-23-17-24-53(45-52)77-81-75(50-21-5-2-6-22-50)80-76(82-77)51-43-41-49(42-44-51)67-59-29-11-14-33-62(59)78-71-61-31-13-16-35-64(61)83-73(67)71/h1-45H. The lowest BCUT2D eigenvalue weighted by atomic mass is 9.84. The molecule has 0 bridgehead atoms. The zero-order chi connectivity index (χ0) is 55.2. The highest BCUT2D eigenvalue weighted by molar-refractivity contribution is 7.27. The first-order chi connectivity index (χ1) is 41.6. The highest BCUT2D eigenvalue weighted by Gasteiger charge is 2.25. The average molecular weight is 1100 g/mol. The van der Waals surface area contributed by atoms with Crippen LogP contribution in [0.3, 0.4) is 0 Å². The van der Waals surface area contributed by atoms with Crippen LogP contribution in [0.4, 0.5) is 0 Å². The Kier molecular flexibility index (Phi) is 11.2. The van der Waals surface area contributed by atoms with E-state index in [0.717, 1.165) is 76.3 Å². The normalized spacial score (nSPS) is 11.8. The number of pyridine rings is 2. The van der Waals surface area contributed by atoms with E-state index in [1.54, 1.807) is 11.3 Å². The average Bonchev–Trinajstić information content (AvgIpc) is 2.71. The molecule has 0 atom stereocenters. The van der Waals surface area contributed by atoms with Crippen molar-refractivity contribution < 1.29 is 0 Å². The number of benzene rings is 12. The van der Waals surface area contributed by atoms with Crippen LogP contribution >= 0.6 is 22.7 Å². The molecule has 17 aromatic rings. The second-order valence-electron chi connectivity index (χ2n) is 21.4. The maximum Gasteiger partial charge on any atom is 0.164 e. The minimum atomic E-state index is 0.597. The minimum absolute atomic E-state index is 0.597. The van der Waals surface area contributed by atoms with E-state index in [0.29, 0.717) is 17.5 Å². The van der Waals surface area contributed by atoms with Crippen molar-refractivity contribution in [2.24, 2.45) is 0 Å². The molecule has 5 aromatic heterocycles. The lowest BCUT2D eigenvalue weighted by molar-refractivity contribution is 1.07. The lowest BCUT2D eigenvalue weighted by Gasteiger charge is -2.19. The Balaban J connectivity index is 0.811. The van der Waals surface area contributed by atoms with Crippen molar-refractivity contribution >= 4 is 107 Å². The van der Waals surface area contributed by atoms with Gasteiger partial charge < -0.3 is 0 Å². The number of rotatable bonds is 8. The van der Waals surface area contributed by atoms with Gasteiger partial charge >= 0.3 is 0 Å². The van der Waals surface area contributed by atoms with Crippen LogP contribution in [0.1, 0.15) is 0 Å². The maximum atomic E-state index is 5.61. The van der Waals surface area contributed by atoms with Gasteiger partial charge in [0.05, 0.1) is 31.5 Å². The topological polar surface area (TPSA) is 64.5 Å². The van der Waals surface area contributed by atoms with Crippen LogP contribution in [0.15, 0.2) is 273 Å². The summed E-state index contributed by atoms with van der Waals surface area (Å²) < 4.78 is 4.74. The van der Waals surface area contributed by atoms with Gasteiger partial charge in [-0.3, -0.25) is 0 Å². The number of nitrogens with zero attached hydrogens (tertiary/aromatic N) is 5. The first-order valence-corrected chi connectivity index (χ1v) is 29.9. The third kappa shape index (κ3) is 7.85. The van der Waals surface area contributed by atoms with Crippen molar-refractivity contribution in [1.29, 1.82) is 0 Å². The molecule has 84 heavy (non-hydrogen) atoms. The van der Waals surface area contributed by atoms with Gasteiger partial charge in [0.15, 0.2) is 17.5 Å². The van der Waals surface area contributed by atoms with Gasteiger partial charge in [0.1, 0.15) is 0 Å². The Labute approximate surface area is 491 Å². The van der Waals surface area contributed by atoms with Crippen LogP contribution in [0.2, 0.25) is 0 Å². The van der Waals surface area contributed by atoms with Crippen LogP contribution in [-0.2, 0) is 0 Å². The zero-order valence-electron chi connectivity index (χ0n) is 45.0. The molecule has 12 aromatic carbocycles. The van der Waals surface area contributed by atoms with E-state index in [1.165, 1.54) is 80.0 Å². The molecule has 0 fully saturated rings. The van der Waals surface area contributed by atoms with Crippen LogP contribution in [0.5, 0.6) is 0 Å². The predicted molar refractivity (Wildman–Crippen MR) is 355 cm³/mol. The molecule has 17 rings (SSSR count). The molecule has 7 heteroatoms. The smallest absolute Gasteiger partial charge is 0.164 e. The van der Waals surface area contributed by atoms with E-state index in [-0.39, 0.29) is 0 Å². The van der Waals surface area contributed by atoms with Crippen molar-refractivity contribution in [3.8, 4) is 89.8 Å². The van der Waals surface area contributed by atoms with E-state index in [4.69, 9.17) is 24.9 Å². The SMILES string of the molecule is c1ccc(-c2ccc(-c3c4ccccc4c(-c4c5ccccc5nc5c4sc4cccc(-c6cccc(-c7nc(-c8ccccc8)nc(-c8ccc(-c9c%10ccccc%10nc%10c9sc9ccccc9%10)cc8)n7)c6)c45)c4ccccc34)cc2)cc1. The Morgan fingerprint density at radius 3 is 1.29 bits per heavy atom. The van der Waals surface area contributed by atoms with Gasteiger partial charge in [0.25, 0.3) is 0 Å². The van der Waals surface area contributed by atoms with Crippen molar-refractivity contribution in [3.63, 3.8) is 0 Å². The molecule has 0 saturated carbocycles. The van der Waals surface area contributed by atoms with Gasteiger partial charge in [0, 0.05) is 58.8 Å². The summed E-state index contributed by atoms with van der Waals surface area (Å²) >= 11 is 3.63. The number of hydrogen-bond acceptors (Lipinski definition) is 7. The molecule has 390 valence electrons. The fourth-order valence-electron chi connectivity index (χ4n) is 12.7. The third-order valence-corrected chi connectivity index (χ3v) is 18.9. The zero-order valence-corrected chi connectivity index (χ0v) is 46.7. The van der Waals surface area contributed by atoms with Crippen molar-refractivity contribution in [1.82, 2.24) is 24.9 Å². The summed E-state index contributed by atoms with van der Waals surface area (Å²) in [6, 6.07) is 97.5. The lowest BCUT2D eigenvalue weighted by Crippen LogP contribution is -2.00. The van der Waals surface area contributed by atoms with Gasteiger partial charge in [-0.15, -0.1) is 22.7 Å². The van der Waals surface area contributed by atoms with E-state index in [2.05, 4.69) is 255 Å². The number of thiophene rings is 2. The van der Waals surface area contributed by atoms with E-state index in [9.17, 15) is 0 Å². The molecule has 0 saturated heterocycles.